The highest BCUT2D eigenvalue weighted by Crippen LogP contribution is 2.21. The van der Waals surface area contributed by atoms with E-state index in [1.54, 1.807) is 7.11 Å². The van der Waals surface area contributed by atoms with E-state index in [0.717, 1.165) is 5.75 Å². The van der Waals surface area contributed by atoms with Crippen molar-refractivity contribution in [3.8, 4) is 5.75 Å². The highest BCUT2D eigenvalue weighted by atomic mass is 16.5. The minimum Gasteiger partial charge on any atom is -0.494 e. The molecule has 0 atom stereocenters. The van der Waals surface area contributed by atoms with E-state index >= 15 is 0 Å². The van der Waals surface area contributed by atoms with Gasteiger partial charge in [-0.3, -0.25) is 0 Å². The van der Waals surface area contributed by atoms with Crippen LogP contribution in [0.5, 0.6) is 5.75 Å². The molecule has 0 radical (unpaired) electrons. The third kappa shape index (κ3) is 2.46. The van der Waals surface area contributed by atoms with Crippen molar-refractivity contribution in [3.63, 3.8) is 0 Å². The van der Waals surface area contributed by atoms with Gasteiger partial charge in [0.05, 0.1) is 13.2 Å². The lowest BCUT2D eigenvalue weighted by molar-refractivity contribution is 0.184. The Bertz CT molecular complexity index is 245. The fourth-order valence-electron chi connectivity index (χ4n) is 1.28. The Hall–Kier alpha value is -1.02. The summed E-state index contributed by atoms with van der Waals surface area (Å²) >= 11 is 0. The van der Waals surface area contributed by atoms with Crippen molar-refractivity contribution in [1.29, 1.82) is 0 Å². The minimum absolute atomic E-state index is 0.646. The van der Waals surface area contributed by atoms with E-state index < -0.39 is 0 Å². The van der Waals surface area contributed by atoms with Crippen LogP contribution in [0.15, 0.2) is 18.2 Å². The van der Waals surface area contributed by atoms with Crippen LogP contribution in [-0.2, 0) is 11.3 Å². The standard InChI is InChI=1S/C11H16O2/c1-4-13-11-7-5-6-10(8-12-3)9(11)2/h5-7H,4,8H2,1-3H3. The Morgan fingerprint density at radius 1 is 1.31 bits per heavy atom. The van der Waals surface area contributed by atoms with Gasteiger partial charge < -0.3 is 9.47 Å². The van der Waals surface area contributed by atoms with Crippen LogP contribution in [0.2, 0.25) is 0 Å². The molecule has 0 heterocycles. The molecule has 0 saturated heterocycles. The van der Waals surface area contributed by atoms with Crippen molar-refractivity contribution in [3.05, 3.63) is 29.3 Å². The Kier molecular flexibility index (Phi) is 3.77. The molecule has 13 heavy (non-hydrogen) atoms. The molecule has 0 aliphatic heterocycles. The zero-order valence-electron chi connectivity index (χ0n) is 8.46. The first kappa shape index (κ1) is 10.1. The zero-order chi connectivity index (χ0) is 9.68. The maximum absolute atomic E-state index is 5.47. The molecule has 0 saturated carbocycles. The molecule has 1 aromatic rings. The Labute approximate surface area is 79.5 Å². The second-order valence-corrected chi connectivity index (χ2v) is 2.91. The fourth-order valence-corrected chi connectivity index (χ4v) is 1.28. The largest absolute Gasteiger partial charge is 0.494 e. The van der Waals surface area contributed by atoms with Gasteiger partial charge in [0.2, 0.25) is 0 Å². The smallest absolute Gasteiger partial charge is 0.122 e. The van der Waals surface area contributed by atoms with Gasteiger partial charge in [0.15, 0.2) is 0 Å². The second-order valence-electron chi connectivity index (χ2n) is 2.91. The van der Waals surface area contributed by atoms with Gasteiger partial charge in [0, 0.05) is 7.11 Å². The van der Waals surface area contributed by atoms with Crippen molar-refractivity contribution >= 4 is 0 Å². The molecule has 0 amide bonds. The topological polar surface area (TPSA) is 18.5 Å². The van der Waals surface area contributed by atoms with E-state index in [-0.39, 0.29) is 0 Å². The first-order chi connectivity index (χ1) is 6.29. The fraction of sp³-hybridized carbons (Fsp3) is 0.455. The molecule has 0 unspecified atom stereocenters. The van der Waals surface area contributed by atoms with Crippen LogP contribution in [0.3, 0.4) is 0 Å². The predicted octanol–water partition coefficient (Wildman–Crippen LogP) is 2.54. The molecule has 0 aliphatic carbocycles. The Morgan fingerprint density at radius 2 is 2.08 bits per heavy atom. The maximum Gasteiger partial charge on any atom is 0.122 e. The highest BCUT2D eigenvalue weighted by molar-refractivity contribution is 5.38. The van der Waals surface area contributed by atoms with Gasteiger partial charge >= 0.3 is 0 Å². The summed E-state index contributed by atoms with van der Waals surface area (Å²) in [4.78, 5) is 0. The lowest BCUT2D eigenvalue weighted by Crippen LogP contribution is -1.98. The molecule has 0 spiro atoms. The van der Waals surface area contributed by atoms with E-state index in [4.69, 9.17) is 9.47 Å². The zero-order valence-corrected chi connectivity index (χ0v) is 8.46. The summed E-state index contributed by atoms with van der Waals surface area (Å²) in [6.07, 6.45) is 0. The molecule has 1 aromatic carbocycles. The average Bonchev–Trinajstić information content (AvgIpc) is 2.13. The van der Waals surface area contributed by atoms with Crippen molar-refractivity contribution in [2.75, 3.05) is 13.7 Å². The Balaban J connectivity index is 2.89. The molecular weight excluding hydrogens is 164 g/mol. The van der Waals surface area contributed by atoms with Crippen LogP contribution in [0, 0.1) is 6.92 Å². The number of rotatable bonds is 4. The predicted molar refractivity (Wildman–Crippen MR) is 53.1 cm³/mol. The summed E-state index contributed by atoms with van der Waals surface area (Å²) in [5, 5.41) is 0. The summed E-state index contributed by atoms with van der Waals surface area (Å²) in [6.45, 7) is 5.39. The van der Waals surface area contributed by atoms with Gasteiger partial charge in [-0.05, 0) is 31.0 Å². The SMILES string of the molecule is CCOc1cccc(COC)c1C. The number of hydrogen-bond donors (Lipinski definition) is 0. The summed E-state index contributed by atoms with van der Waals surface area (Å²) in [5.74, 6) is 0.956. The van der Waals surface area contributed by atoms with Crippen molar-refractivity contribution in [2.24, 2.45) is 0 Å². The van der Waals surface area contributed by atoms with E-state index in [1.165, 1.54) is 11.1 Å². The van der Waals surface area contributed by atoms with Crippen molar-refractivity contribution in [2.45, 2.75) is 20.5 Å². The lowest BCUT2D eigenvalue weighted by atomic mass is 10.1. The molecule has 0 fully saturated rings. The van der Waals surface area contributed by atoms with Crippen molar-refractivity contribution < 1.29 is 9.47 Å². The van der Waals surface area contributed by atoms with Crippen LogP contribution in [0.1, 0.15) is 18.1 Å². The van der Waals surface area contributed by atoms with E-state index in [2.05, 4.69) is 13.0 Å². The summed E-state index contributed by atoms with van der Waals surface area (Å²) < 4.78 is 10.6. The van der Waals surface area contributed by atoms with Crippen LogP contribution >= 0.6 is 0 Å². The monoisotopic (exact) mass is 180 g/mol. The molecule has 2 heteroatoms. The molecule has 2 nitrogen and oxygen atoms in total. The van der Waals surface area contributed by atoms with Gasteiger partial charge in [-0.1, -0.05) is 12.1 Å². The maximum atomic E-state index is 5.47. The lowest BCUT2D eigenvalue weighted by Gasteiger charge is -2.10. The average molecular weight is 180 g/mol. The molecule has 0 N–H and O–H groups in total. The molecule has 1 rings (SSSR count). The van der Waals surface area contributed by atoms with Crippen LogP contribution < -0.4 is 4.74 Å². The van der Waals surface area contributed by atoms with E-state index in [0.29, 0.717) is 13.2 Å². The summed E-state index contributed by atoms with van der Waals surface area (Å²) in [5.41, 5.74) is 2.36. The van der Waals surface area contributed by atoms with Gasteiger partial charge in [0.25, 0.3) is 0 Å². The molecule has 0 aromatic heterocycles. The third-order valence-corrected chi connectivity index (χ3v) is 2.00. The summed E-state index contributed by atoms with van der Waals surface area (Å²) in [6, 6.07) is 6.03. The van der Waals surface area contributed by atoms with E-state index in [1.807, 2.05) is 19.1 Å². The first-order valence-corrected chi connectivity index (χ1v) is 4.49. The number of ether oxygens (including phenoxy) is 2. The van der Waals surface area contributed by atoms with Crippen LogP contribution in [-0.4, -0.2) is 13.7 Å². The molecule has 0 aliphatic rings. The highest BCUT2D eigenvalue weighted by Gasteiger charge is 2.03. The summed E-state index contributed by atoms with van der Waals surface area (Å²) in [7, 11) is 1.70. The first-order valence-electron chi connectivity index (χ1n) is 4.49. The molecule has 0 bridgehead atoms. The number of hydrogen-bond acceptors (Lipinski definition) is 2. The second kappa shape index (κ2) is 4.87. The van der Waals surface area contributed by atoms with Crippen LogP contribution in [0.25, 0.3) is 0 Å². The Morgan fingerprint density at radius 3 is 2.69 bits per heavy atom. The minimum atomic E-state index is 0.646. The normalized spacial score (nSPS) is 10.1. The van der Waals surface area contributed by atoms with Crippen LogP contribution in [0.4, 0.5) is 0 Å². The number of methoxy groups -OCH3 is 1. The van der Waals surface area contributed by atoms with E-state index in [9.17, 15) is 0 Å². The van der Waals surface area contributed by atoms with Gasteiger partial charge in [-0.15, -0.1) is 0 Å². The third-order valence-electron chi connectivity index (χ3n) is 2.00. The molecule has 72 valence electrons. The van der Waals surface area contributed by atoms with Gasteiger partial charge in [-0.2, -0.15) is 0 Å². The van der Waals surface area contributed by atoms with Crippen molar-refractivity contribution in [1.82, 2.24) is 0 Å². The quantitative estimate of drug-likeness (QED) is 0.709. The number of benzene rings is 1. The van der Waals surface area contributed by atoms with Gasteiger partial charge in [-0.25, -0.2) is 0 Å². The van der Waals surface area contributed by atoms with Gasteiger partial charge in [0.1, 0.15) is 5.75 Å². The molecular formula is C11H16O2.